The first kappa shape index (κ1) is 13.2. The third-order valence-electron chi connectivity index (χ3n) is 2.45. The highest BCUT2D eigenvalue weighted by Gasteiger charge is 2.19. The Morgan fingerprint density at radius 2 is 2.21 bits per heavy atom. The third-order valence-corrected chi connectivity index (χ3v) is 3.30. The van der Waals surface area contributed by atoms with Crippen LogP contribution in [-0.2, 0) is 4.79 Å². The fourth-order valence-electron chi connectivity index (χ4n) is 1.51. The summed E-state index contributed by atoms with van der Waals surface area (Å²) in [6.45, 7) is -0.670. The largest absolute Gasteiger partial charge is 0.480 e. The molecule has 0 saturated heterocycles. The number of nitrogens with two attached hydrogens (primary N) is 1. The van der Waals surface area contributed by atoms with Gasteiger partial charge in [-0.05, 0) is 18.2 Å². The summed E-state index contributed by atoms with van der Waals surface area (Å²) in [5.41, 5.74) is 6.52. The number of anilines is 1. The number of aromatic nitrogens is 1. The second-order valence-electron chi connectivity index (χ2n) is 3.78. The van der Waals surface area contributed by atoms with Gasteiger partial charge in [-0.25, -0.2) is 9.78 Å². The first-order valence-corrected chi connectivity index (χ1v) is 6.13. The van der Waals surface area contributed by atoms with Crippen LogP contribution in [0.25, 0.3) is 10.2 Å². The number of carboxylic acids is 1. The van der Waals surface area contributed by atoms with Gasteiger partial charge in [0, 0.05) is 5.56 Å². The average molecular weight is 281 g/mol. The lowest BCUT2D eigenvalue weighted by molar-refractivity contribution is -0.140. The van der Waals surface area contributed by atoms with Gasteiger partial charge in [-0.2, -0.15) is 0 Å². The maximum absolute atomic E-state index is 11.8. The molecule has 0 spiro atoms. The minimum absolute atomic E-state index is 0.288. The van der Waals surface area contributed by atoms with E-state index in [0.29, 0.717) is 10.6 Å². The van der Waals surface area contributed by atoms with Gasteiger partial charge < -0.3 is 21.3 Å². The zero-order valence-corrected chi connectivity index (χ0v) is 10.5. The summed E-state index contributed by atoms with van der Waals surface area (Å²) in [4.78, 5) is 26.6. The van der Waals surface area contributed by atoms with Crippen molar-refractivity contribution >= 4 is 38.6 Å². The van der Waals surface area contributed by atoms with E-state index < -0.39 is 24.5 Å². The van der Waals surface area contributed by atoms with Crippen LogP contribution in [-0.4, -0.2) is 39.7 Å². The zero-order chi connectivity index (χ0) is 14.0. The van der Waals surface area contributed by atoms with E-state index in [-0.39, 0.29) is 5.56 Å². The number of rotatable bonds is 4. The predicted octanol–water partition coefficient (Wildman–Crippen LogP) is 0.0538. The van der Waals surface area contributed by atoms with Crippen molar-refractivity contribution < 1.29 is 19.8 Å². The Hall–Kier alpha value is -2.19. The van der Waals surface area contributed by atoms with Crippen LogP contribution >= 0.6 is 11.3 Å². The molecular formula is C11H11N3O4S. The fourth-order valence-corrected chi connectivity index (χ4v) is 2.28. The molecule has 2 aromatic rings. The number of nitrogen functional groups attached to an aromatic ring is 1. The molecule has 0 saturated carbocycles. The maximum Gasteiger partial charge on any atom is 0.328 e. The third kappa shape index (κ3) is 2.80. The van der Waals surface area contributed by atoms with Gasteiger partial charge in [-0.15, -0.1) is 0 Å². The minimum atomic E-state index is -1.32. The van der Waals surface area contributed by atoms with Gasteiger partial charge in [-0.3, -0.25) is 4.79 Å². The summed E-state index contributed by atoms with van der Waals surface area (Å²) in [5, 5.41) is 20.2. The van der Waals surface area contributed by atoms with Crippen LogP contribution in [0.5, 0.6) is 0 Å². The molecule has 5 N–H and O–H groups in total. The molecule has 2 rings (SSSR count). The predicted molar refractivity (Wildman–Crippen MR) is 70.0 cm³/mol. The van der Waals surface area contributed by atoms with Crippen molar-refractivity contribution in [2.45, 2.75) is 6.04 Å². The van der Waals surface area contributed by atoms with Gasteiger partial charge in [-0.1, -0.05) is 11.3 Å². The van der Waals surface area contributed by atoms with E-state index in [9.17, 15) is 9.59 Å². The number of benzene rings is 1. The Morgan fingerprint density at radius 1 is 1.47 bits per heavy atom. The number of aliphatic hydroxyl groups is 1. The molecule has 19 heavy (non-hydrogen) atoms. The molecule has 0 bridgehead atoms. The molecule has 1 amide bonds. The van der Waals surface area contributed by atoms with E-state index in [1.54, 1.807) is 12.1 Å². The molecule has 100 valence electrons. The zero-order valence-electron chi connectivity index (χ0n) is 9.66. The molecule has 0 aliphatic rings. The number of hydrogen-bond donors (Lipinski definition) is 4. The van der Waals surface area contributed by atoms with Crippen molar-refractivity contribution in [3.63, 3.8) is 0 Å². The van der Waals surface area contributed by atoms with E-state index in [4.69, 9.17) is 15.9 Å². The van der Waals surface area contributed by atoms with Gasteiger partial charge in [0.2, 0.25) is 0 Å². The van der Waals surface area contributed by atoms with Gasteiger partial charge in [0.25, 0.3) is 5.91 Å². The second kappa shape index (κ2) is 5.21. The summed E-state index contributed by atoms with van der Waals surface area (Å²) < 4.78 is 0.737. The number of amides is 1. The maximum atomic E-state index is 11.8. The normalized spacial score (nSPS) is 12.3. The molecule has 0 aliphatic carbocycles. The summed E-state index contributed by atoms with van der Waals surface area (Å²) in [6, 6.07) is 3.41. The van der Waals surface area contributed by atoms with Crippen LogP contribution < -0.4 is 11.1 Å². The van der Waals surface area contributed by atoms with Gasteiger partial charge in [0.15, 0.2) is 11.2 Å². The van der Waals surface area contributed by atoms with E-state index in [2.05, 4.69) is 10.3 Å². The highest BCUT2D eigenvalue weighted by molar-refractivity contribution is 7.22. The van der Waals surface area contributed by atoms with Gasteiger partial charge in [0.1, 0.15) is 0 Å². The molecule has 0 fully saturated rings. The number of aliphatic carboxylic acids is 1. The van der Waals surface area contributed by atoms with Crippen molar-refractivity contribution in [2.24, 2.45) is 0 Å². The number of hydrogen-bond acceptors (Lipinski definition) is 6. The van der Waals surface area contributed by atoms with Crippen molar-refractivity contribution in [3.05, 3.63) is 23.8 Å². The number of carboxylic acid groups (broad SMARTS) is 1. The lowest BCUT2D eigenvalue weighted by Gasteiger charge is -2.11. The Morgan fingerprint density at radius 3 is 2.84 bits per heavy atom. The first-order chi connectivity index (χ1) is 9.01. The number of carbonyl (C=O) groups excluding carboxylic acids is 1. The number of aliphatic hydroxyl groups excluding tert-OH is 1. The number of fused-ring (bicyclic) bond motifs is 1. The number of carbonyl (C=O) groups is 2. The fraction of sp³-hybridized carbons (Fsp3) is 0.182. The molecular weight excluding hydrogens is 270 g/mol. The molecule has 7 nitrogen and oxygen atoms in total. The van der Waals surface area contributed by atoms with E-state index in [0.717, 1.165) is 4.70 Å². The van der Waals surface area contributed by atoms with E-state index in [1.807, 2.05) is 0 Å². The van der Waals surface area contributed by atoms with Gasteiger partial charge >= 0.3 is 5.97 Å². The Bertz CT molecular complexity index is 640. The second-order valence-corrected chi connectivity index (χ2v) is 4.84. The number of thiazole rings is 1. The van der Waals surface area contributed by atoms with Crippen LogP contribution in [0.4, 0.5) is 5.13 Å². The molecule has 0 radical (unpaired) electrons. The Kier molecular flexibility index (Phi) is 3.63. The van der Waals surface area contributed by atoms with Gasteiger partial charge in [0.05, 0.1) is 16.8 Å². The highest BCUT2D eigenvalue weighted by atomic mass is 32.1. The average Bonchev–Trinajstić information content (AvgIpc) is 2.74. The molecule has 1 aromatic carbocycles. The Balaban J connectivity index is 2.23. The van der Waals surface area contributed by atoms with Crippen LogP contribution in [0.1, 0.15) is 10.4 Å². The summed E-state index contributed by atoms with van der Waals surface area (Å²) >= 11 is 1.24. The number of nitrogens with zero attached hydrogens (tertiary/aromatic N) is 1. The minimum Gasteiger partial charge on any atom is -0.480 e. The summed E-state index contributed by atoms with van der Waals surface area (Å²) in [5.74, 6) is -1.87. The van der Waals surface area contributed by atoms with Crippen LogP contribution in [0, 0.1) is 0 Å². The van der Waals surface area contributed by atoms with Crippen molar-refractivity contribution in [1.82, 2.24) is 10.3 Å². The molecule has 0 aliphatic heterocycles. The summed E-state index contributed by atoms with van der Waals surface area (Å²) in [7, 11) is 0. The lowest BCUT2D eigenvalue weighted by atomic mass is 10.2. The van der Waals surface area contributed by atoms with Crippen LogP contribution in [0.15, 0.2) is 18.2 Å². The molecule has 1 heterocycles. The highest BCUT2D eigenvalue weighted by Crippen LogP contribution is 2.24. The topological polar surface area (TPSA) is 126 Å². The van der Waals surface area contributed by atoms with Crippen molar-refractivity contribution in [1.29, 1.82) is 0 Å². The first-order valence-electron chi connectivity index (χ1n) is 5.32. The molecule has 1 unspecified atom stereocenters. The van der Waals surface area contributed by atoms with E-state index in [1.165, 1.54) is 17.4 Å². The monoisotopic (exact) mass is 281 g/mol. The van der Waals surface area contributed by atoms with Crippen molar-refractivity contribution in [2.75, 3.05) is 12.3 Å². The lowest BCUT2D eigenvalue weighted by Crippen LogP contribution is -2.43. The Labute approximate surface area is 111 Å². The molecule has 8 heteroatoms. The standard InChI is InChI=1S/C11H11N3O4S/c12-11-14-6-2-1-5(3-8(6)19-11)9(16)13-7(4-15)10(17)18/h1-3,7,15H,4H2,(H2,12,14)(H,13,16)(H,17,18). The van der Waals surface area contributed by atoms with E-state index >= 15 is 0 Å². The van der Waals surface area contributed by atoms with Crippen molar-refractivity contribution in [3.8, 4) is 0 Å². The quantitative estimate of drug-likeness (QED) is 0.627. The SMILES string of the molecule is Nc1nc2ccc(C(=O)NC(CO)C(=O)O)cc2s1. The number of nitrogens with one attached hydrogen (secondary N) is 1. The smallest absolute Gasteiger partial charge is 0.328 e. The molecule has 1 atom stereocenters. The van der Waals surface area contributed by atoms with Crippen LogP contribution in [0.3, 0.4) is 0 Å². The molecule has 1 aromatic heterocycles. The van der Waals surface area contributed by atoms with Crippen LogP contribution in [0.2, 0.25) is 0 Å². The summed E-state index contributed by atoms with van der Waals surface area (Å²) in [6.07, 6.45) is 0.